The minimum absolute atomic E-state index is 0.0457. The summed E-state index contributed by atoms with van der Waals surface area (Å²) in [6, 6.07) is 15.6. The molecule has 3 rings (SSSR count). The molecule has 0 saturated heterocycles. The van der Waals surface area contributed by atoms with E-state index in [-0.39, 0.29) is 5.91 Å². The van der Waals surface area contributed by atoms with E-state index in [1.54, 1.807) is 0 Å². The van der Waals surface area contributed by atoms with E-state index >= 15 is 0 Å². The van der Waals surface area contributed by atoms with Crippen LogP contribution in [0.1, 0.15) is 21.6 Å². The van der Waals surface area contributed by atoms with E-state index in [4.69, 9.17) is 0 Å². The number of rotatable bonds is 6. The van der Waals surface area contributed by atoms with Crippen LogP contribution in [0.25, 0.3) is 23.1 Å². The Labute approximate surface area is 147 Å². The van der Waals surface area contributed by atoms with Crippen LogP contribution in [0, 0.1) is 0 Å². The second kappa shape index (κ2) is 7.77. The molecule has 0 aliphatic heterocycles. The van der Waals surface area contributed by atoms with Crippen LogP contribution in [0.4, 0.5) is 0 Å². The van der Waals surface area contributed by atoms with Crippen molar-refractivity contribution < 1.29 is 4.79 Å². The Morgan fingerprint density at radius 1 is 1.12 bits per heavy atom. The first kappa shape index (κ1) is 16.9. The Bertz CT molecular complexity index is 878. The Balaban J connectivity index is 1.65. The Hall–Kier alpha value is -2.92. The van der Waals surface area contributed by atoms with E-state index in [2.05, 4.69) is 15.5 Å². The van der Waals surface area contributed by atoms with Gasteiger partial charge in [-0.05, 0) is 43.9 Å². The number of fused-ring (bicyclic) bond motifs is 1. The van der Waals surface area contributed by atoms with Crippen LogP contribution < -0.4 is 5.32 Å². The summed E-state index contributed by atoms with van der Waals surface area (Å²) >= 11 is 0. The number of likely N-dealkylation sites (N-methyl/N-ethyl adjacent to an activating group) is 1. The highest BCUT2D eigenvalue weighted by molar-refractivity contribution is 5.94. The number of carbonyl (C=O) groups excluding carboxylic acids is 1. The summed E-state index contributed by atoms with van der Waals surface area (Å²) in [4.78, 5) is 14.1. The summed E-state index contributed by atoms with van der Waals surface area (Å²) in [6.45, 7) is 1.46. The van der Waals surface area contributed by atoms with E-state index in [9.17, 15) is 4.79 Å². The second-order valence-electron chi connectivity index (χ2n) is 6.17. The number of hydrogen-bond acceptors (Lipinski definition) is 3. The number of benzene rings is 2. The fourth-order valence-corrected chi connectivity index (χ4v) is 2.53. The predicted octanol–water partition coefficient (Wildman–Crippen LogP) is 3.02. The third kappa shape index (κ3) is 4.33. The fraction of sp³-hybridized carbons (Fsp3) is 0.200. The first-order chi connectivity index (χ1) is 12.1. The Morgan fingerprint density at radius 2 is 1.88 bits per heavy atom. The van der Waals surface area contributed by atoms with E-state index in [1.165, 1.54) is 0 Å². The van der Waals surface area contributed by atoms with E-state index in [1.807, 2.05) is 79.7 Å². The lowest BCUT2D eigenvalue weighted by atomic mass is 10.1. The molecule has 0 saturated carbocycles. The van der Waals surface area contributed by atoms with Crippen molar-refractivity contribution in [2.45, 2.75) is 0 Å². The van der Waals surface area contributed by atoms with Crippen molar-refractivity contribution in [3.63, 3.8) is 0 Å². The number of para-hydroxylation sites is 1. The number of H-pyrrole nitrogens is 1. The summed E-state index contributed by atoms with van der Waals surface area (Å²) < 4.78 is 0. The maximum Gasteiger partial charge on any atom is 0.251 e. The van der Waals surface area contributed by atoms with Crippen LogP contribution in [0.15, 0.2) is 48.5 Å². The molecule has 0 bridgehead atoms. The van der Waals surface area contributed by atoms with Crippen molar-refractivity contribution in [2.24, 2.45) is 0 Å². The minimum Gasteiger partial charge on any atom is -0.351 e. The summed E-state index contributed by atoms with van der Waals surface area (Å²) in [5, 5.41) is 11.3. The van der Waals surface area contributed by atoms with E-state index in [0.717, 1.165) is 28.7 Å². The van der Waals surface area contributed by atoms with Gasteiger partial charge in [-0.2, -0.15) is 5.10 Å². The number of aromatic amines is 1. The van der Waals surface area contributed by atoms with Crippen LogP contribution in [0.2, 0.25) is 0 Å². The molecule has 0 aliphatic rings. The van der Waals surface area contributed by atoms with Gasteiger partial charge in [-0.25, -0.2) is 0 Å². The molecule has 2 N–H and O–H groups in total. The first-order valence-corrected chi connectivity index (χ1v) is 8.27. The van der Waals surface area contributed by atoms with Crippen LogP contribution in [0.3, 0.4) is 0 Å². The number of hydrogen-bond donors (Lipinski definition) is 2. The van der Waals surface area contributed by atoms with Gasteiger partial charge < -0.3 is 10.2 Å². The SMILES string of the molecule is CN(C)CCNC(=O)c1ccc(C=Cc2n[nH]c3ccccc23)cc1. The highest BCUT2D eigenvalue weighted by atomic mass is 16.1. The van der Waals surface area contributed by atoms with Crippen molar-refractivity contribution >= 4 is 29.0 Å². The minimum atomic E-state index is -0.0457. The molecule has 5 heteroatoms. The third-order valence-electron chi connectivity index (χ3n) is 3.95. The zero-order chi connectivity index (χ0) is 17.6. The number of carbonyl (C=O) groups is 1. The molecule has 5 nitrogen and oxygen atoms in total. The van der Waals surface area contributed by atoms with Gasteiger partial charge in [0.1, 0.15) is 0 Å². The van der Waals surface area contributed by atoms with Gasteiger partial charge in [0.2, 0.25) is 0 Å². The predicted molar refractivity (Wildman–Crippen MR) is 102 cm³/mol. The van der Waals surface area contributed by atoms with Gasteiger partial charge in [-0.3, -0.25) is 9.89 Å². The van der Waals surface area contributed by atoms with Gasteiger partial charge in [-0.1, -0.05) is 36.4 Å². The number of nitrogens with zero attached hydrogens (tertiary/aromatic N) is 2. The molecule has 0 fully saturated rings. The molecule has 0 unspecified atom stereocenters. The molecular formula is C20H22N4O. The van der Waals surface area contributed by atoms with Crippen molar-refractivity contribution in [3.05, 3.63) is 65.4 Å². The van der Waals surface area contributed by atoms with Gasteiger partial charge in [0.25, 0.3) is 5.91 Å². The summed E-state index contributed by atoms with van der Waals surface area (Å²) in [5.41, 5.74) is 3.62. The van der Waals surface area contributed by atoms with Gasteiger partial charge in [0.05, 0.1) is 11.2 Å². The molecule has 2 aromatic carbocycles. The van der Waals surface area contributed by atoms with Gasteiger partial charge in [0.15, 0.2) is 0 Å². The molecule has 1 aromatic heterocycles. The van der Waals surface area contributed by atoms with Crippen molar-refractivity contribution in [1.82, 2.24) is 20.4 Å². The van der Waals surface area contributed by atoms with Crippen molar-refractivity contribution in [1.29, 1.82) is 0 Å². The Morgan fingerprint density at radius 3 is 2.64 bits per heavy atom. The zero-order valence-corrected chi connectivity index (χ0v) is 14.5. The maximum absolute atomic E-state index is 12.1. The average molecular weight is 334 g/mol. The standard InChI is InChI=1S/C20H22N4O/c1-24(2)14-13-21-20(25)16-10-7-15(8-11-16)9-12-19-17-5-3-4-6-18(17)22-23-19/h3-12H,13-14H2,1-2H3,(H,21,25)(H,22,23). The molecule has 3 aromatic rings. The number of aromatic nitrogens is 2. The maximum atomic E-state index is 12.1. The molecule has 0 radical (unpaired) electrons. The monoisotopic (exact) mass is 334 g/mol. The third-order valence-corrected chi connectivity index (χ3v) is 3.95. The average Bonchev–Trinajstić information content (AvgIpc) is 3.03. The highest BCUT2D eigenvalue weighted by Gasteiger charge is 2.05. The normalized spacial score (nSPS) is 11.5. The lowest BCUT2D eigenvalue weighted by Crippen LogP contribution is -2.31. The molecule has 128 valence electrons. The summed E-state index contributed by atoms with van der Waals surface area (Å²) in [5.74, 6) is -0.0457. The molecule has 0 spiro atoms. The molecule has 1 heterocycles. The topological polar surface area (TPSA) is 61.0 Å². The largest absolute Gasteiger partial charge is 0.351 e. The number of nitrogens with one attached hydrogen (secondary N) is 2. The van der Waals surface area contributed by atoms with Crippen molar-refractivity contribution in [3.8, 4) is 0 Å². The molecule has 25 heavy (non-hydrogen) atoms. The van der Waals surface area contributed by atoms with Crippen LogP contribution in [-0.2, 0) is 0 Å². The first-order valence-electron chi connectivity index (χ1n) is 8.27. The van der Waals surface area contributed by atoms with E-state index < -0.39 is 0 Å². The zero-order valence-electron chi connectivity index (χ0n) is 14.5. The smallest absolute Gasteiger partial charge is 0.251 e. The molecule has 1 amide bonds. The van der Waals surface area contributed by atoms with Gasteiger partial charge >= 0.3 is 0 Å². The van der Waals surface area contributed by atoms with Crippen LogP contribution in [-0.4, -0.2) is 48.2 Å². The highest BCUT2D eigenvalue weighted by Crippen LogP contribution is 2.17. The van der Waals surface area contributed by atoms with Crippen LogP contribution in [0.5, 0.6) is 0 Å². The fourth-order valence-electron chi connectivity index (χ4n) is 2.53. The van der Waals surface area contributed by atoms with Gasteiger partial charge in [0, 0.05) is 24.0 Å². The second-order valence-corrected chi connectivity index (χ2v) is 6.17. The summed E-state index contributed by atoms with van der Waals surface area (Å²) in [7, 11) is 3.96. The molecular weight excluding hydrogens is 312 g/mol. The van der Waals surface area contributed by atoms with Crippen LogP contribution >= 0.6 is 0 Å². The van der Waals surface area contributed by atoms with E-state index in [0.29, 0.717) is 12.1 Å². The Kier molecular flexibility index (Phi) is 5.26. The quantitative estimate of drug-likeness (QED) is 0.728. The lowest BCUT2D eigenvalue weighted by Gasteiger charge is -2.10. The lowest BCUT2D eigenvalue weighted by molar-refractivity contribution is 0.0951. The number of amides is 1. The molecule has 0 aliphatic carbocycles. The van der Waals surface area contributed by atoms with Gasteiger partial charge in [-0.15, -0.1) is 0 Å². The van der Waals surface area contributed by atoms with Crippen molar-refractivity contribution in [2.75, 3.05) is 27.2 Å². The summed E-state index contributed by atoms with van der Waals surface area (Å²) in [6.07, 6.45) is 3.97. The molecule has 0 atom stereocenters.